The first-order valence-corrected chi connectivity index (χ1v) is 5.22. The van der Waals surface area contributed by atoms with Crippen LogP contribution in [0.3, 0.4) is 0 Å². The summed E-state index contributed by atoms with van der Waals surface area (Å²) in [6.07, 6.45) is -5.08. The molecule has 2 aliphatic heterocycles. The van der Waals surface area contributed by atoms with Crippen molar-refractivity contribution in [1.82, 2.24) is 5.06 Å². The molecule has 2 saturated heterocycles. The third-order valence-electron chi connectivity index (χ3n) is 2.72. The Morgan fingerprint density at radius 3 is 2.47 bits per heavy atom. The summed E-state index contributed by atoms with van der Waals surface area (Å²) in [6.45, 7) is 0.188. The van der Waals surface area contributed by atoms with Crippen LogP contribution in [0.2, 0.25) is 0 Å². The van der Waals surface area contributed by atoms with Crippen molar-refractivity contribution in [3.8, 4) is 0 Å². The lowest BCUT2D eigenvalue weighted by molar-refractivity contribution is -0.277. The largest absolute Gasteiger partial charge is 0.441 e. The van der Waals surface area contributed by atoms with Gasteiger partial charge in [0.2, 0.25) is 0 Å². The normalized spacial score (nSPS) is 39.7. The van der Waals surface area contributed by atoms with Crippen LogP contribution >= 0.6 is 0 Å². The summed E-state index contributed by atoms with van der Waals surface area (Å²) < 4.78 is 4.84. The Labute approximate surface area is 96.3 Å². The highest BCUT2D eigenvalue weighted by molar-refractivity contribution is 5.85. The minimum atomic E-state index is -1.97. The van der Waals surface area contributed by atoms with Crippen LogP contribution in [0.5, 0.6) is 0 Å². The topological polar surface area (TPSA) is 117 Å². The molecule has 96 valence electrons. The summed E-state index contributed by atoms with van der Waals surface area (Å²) in [7, 11) is 0. The lowest BCUT2D eigenvalue weighted by atomic mass is 10.1. The molecule has 0 aromatic heterocycles. The van der Waals surface area contributed by atoms with Crippen LogP contribution in [0.15, 0.2) is 0 Å². The summed E-state index contributed by atoms with van der Waals surface area (Å²) in [6, 6.07) is 0. The van der Waals surface area contributed by atoms with Crippen molar-refractivity contribution in [2.75, 3.05) is 6.54 Å². The third-order valence-corrected chi connectivity index (χ3v) is 2.72. The predicted molar refractivity (Wildman–Crippen MR) is 49.9 cm³/mol. The quantitative estimate of drug-likeness (QED) is 0.402. The van der Waals surface area contributed by atoms with E-state index in [4.69, 9.17) is 9.57 Å². The van der Waals surface area contributed by atoms with E-state index in [1.54, 1.807) is 0 Å². The molecule has 17 heavy (non-hydrogen) atoms. The number of hydrogen-bond donors (Lipinski definition) is 3. The maximum atomic E-state index is 11.3. The molecule has 2 rings (SSSR count). The second-order valence-corrected chi connectivity index (χ2v) is 4.01. The molecule has 0 amide bonds. The molecule has 0 aliphatic carbocycles. The van der Waals surface area contributed by atoms with Gasteiger partial charge in [0.05, 0.1) is 6.10 Å². The number of esters is 1. The fourth-order valence-electron chi connectivity index (χ4n) is 1.73. The van der Waals surface area contributed by atoms with E-state index in [2.05, 4.69) is 0 Å². The van der Waals surface area contributed by atoms with Gasteiger partial charge in [-0.1, -0.05) is 5.06 Å². The maximum Gasteiger partial charge on any atom is 0.357 e. The summed E-state index contributed by atoms with van der Waals surface area (Å²) in [5.41, 5.74) is 0. The maximum absolute atomic E-state index is 11.3. The van der Waals surface area contributed by atoms with Crippen molar-refractivity contribution in [3.63, 3.8) is 0 Å². The van der Waals surface area contributed by atoms with E-state index in [1.807, 2.05) is 0 Å². The third kappa shape index (κ3) is 2.39. The fraction of sp³-hybridized carbons (Fsp3) is 0.778. The molecule has 3 N–H and O–H groups in total. The molecule has 0 spiro atoms. The molecule has 0 bridgehead atoms. The molecule has 8 heteroatoms. The van der Waals surface area contributed by atoms with Crippen LogP contribution in [-0.2, 0) is 19.2 Å². The van der Waals surface area contributed by atoms with Crippen LogP contribution in [0.4, 0.5) is 0 Å². The van der Waals surface area contributed by atoms with Crippen LogP contribution < -0.4 is 0 Å². The van der Waals surface area contributed by atoms with Gasteiger partial charge in [-0.15, -0.1) is 0 Å². The molecule has 4 unspecified atom stereocenters. The van der Waals surface area contributed by atoms with Gasteiger partial charge in [0, 0.05) is 13.0 Å². The van der Waals surface area contributed by atoms with Gasteiger partial charge in [-0.25, -0.2) is 9.59 Å². The summed E-state index contributed by atoms with van der Waals surface area (Å²) in [4.78, 5) is 27.4. The Hall–Kier alpha value is -1.22. The SMILES string of the molecule is O=C1OC2CC(O)CCN2OC(=O)C(O)C1O. The molecule has 0 saturated carbocycles. The molecule has 0 radical (unpaired) electrons. The molecule has 2 fully saturated rings. The number of ether oxygens (including phenoxy) is 1. The number of carbonyl (C=O) groups is 2. The Morgan fingerprint density at radius 2 is 1.76 bits per heavy atom. The van der Waals surface area contributed by atoms with Crippen molar-refractivity contribution in [3.05, 3.63) is 0 Å². The minimum absolute atomic E-state index is 0.0852. The van der Waals surface area contributed by atoms with Gasteiger partial charge >= 0.3 is 11.9 Å². The number of aliphatic hydroxyl groups excluding tert-OH is 3. The number of hydroxylamine groups is 2. The molecule has 0 aromatic rings. The van der Waals surface area contributed by atoms with Crippen LogP contribution in [0, 0.1) is 0 Å². The predicted octanol–water partition coefficient (Wildman–Crippen LogP) is -2.49. The van der Waals surface area contributed by atoms with Crippen molar-refractivity contribution in [1.29, 1.82) is 0 Å². The fourth-order valence-corrected chi connectivity index (χ4v) is 1.73. The van der Waals surface area contributed by atoms with Gasteiger partial charge in [-0.2, -0.15) is 0 Å². The van der Waals surface area contributed by atoms with E-state index in [1.165, 1.54) is 0 Å². The lowest BCUT2D eigenvalue weighted by Crippen LogP contribution is -2.55. The van der Waals surface area contributed by atoms with E-state index in [0.717, 1.165) is 5.06 Å². The van der Waals surface area contributed by atoms with E-state index in [-0.39, 0.29) is 13.0 Å². The number of piperidine rings is 1. The van der Waals surface area contributed by atoms with Gasteiger partial charge in [0.15, 0.2) is 18.4 Å². The average Bonchev–Trinajstić information content (AvgIpc) is 2.29. The molecule has 2 heterocycles. The molecule has 4 atom stereocenters. The van der Waals surface area contributed by atoms with Gasteiger partial charge in [-0.05, 0) is 6.42 Å². The zero-order valence-electron chi connectivity index (χ0n) is 8.85. The summed E-state index contributed by atoms with van der Waals surface area (Å²) >= 11 is 0. The Bertz CT molecular complexity index is 333. The van der Waals surface area contributed by atoms with E-state index in [0.29, 0.717) is 6.42 Å². The Kier molecular flexibility index (Phi) is 3.29. The highest BCUT2D eigenvalue weighted by atomic mass is 16.8. The minimum Gasteiger partial charge on any atom is -0.441 e. The van der Waals surface area contributed by atoms with Crippen molar-refractivity contribution >= 4 is 11.9 Å². The second kappa shape index (κ2) is 4.57. The van der Waals surface area contributed by atoms with Crippen LogP contribution in [0.25, 0.3) is 0 Å². The van der Waals surface area contributed by atoms with Crippen molar-refractivity contribution < 1.29 is 34.5 Å². The zero-order chi connectivity index (χ0) is 12.6. The number of aliphatic hydroxyl groups is 3. The Balaban J connectivity index is 2.16. The average molecular weight is 247 g/mol. The molecule has 8 nitrogen and oxygen atoms in total. The molecule has 2 aliphatic rings. The monoisotopic (exact) mass is 247 g/mol. The Morgan fingerprint density at radius 1 is 1.12 bits per heavy atom. The summed E-state index contributed by atoms with van der Waals surface area (Å²) in [5, 5.41) is 29.0. The van der Waals surface area contributed by atoms with E-state index >= 15 is 0 Å². The van der Waals surface area contributed by atoms with Crippen LogP contribution in [-0.4, -0.2) is 63.4 Å². The van der Waals surface area contributed by atoms with Gasteiger partial charge in [-0.3, -0.25) is 0 Å². The number of rotatable bonds is 0. The number of hydrogen-bond acceptors (Lipinski definition) is 8. The van der Waals surface area contributed by atoms with Crippen molar-refractivity contribution in [2.45, 2.75) is 37.4 Å². The second-order valence-electron chi connectivity index (χ2n) is 4.01. The first-order chi connectivity index (χ1) is 7.99. The number of carbonyl (C=O) groups excluding carboxylic acids is 2. The highest BCUT2D eigenvalue weighted by Crippen LogP contribution is 2.22. The smallest absolute Gasteiger partial charge is 0.357 e. The first-order valence-electron chi connectivity index (χ1n) is 5.22. The molecule has 0 aromatic carbocycles. The zero-order valence-corrected chi connectivity index (χ0v) is 8.85. The number of fused-ring (bicyclic) bond motifs is 1. The first kappa shape index (κ1) is 12.2. The van der Waals surface area contributed by atoms with Gasteiger partial charge in [0.1, 0.15) is 0 Å². The summed E-state index contributed by atoms with van der Waals surface area (Å²) in [5.74, 6) is -2.23. The van der Waals surface area contributed by atoms with Crippen LogP contribution in [0.1, 0.15) is 12.8 Å². The number of nitrogens with zero attached hydrogens (tertiary/aromatic N) is 1. The van der Waals surface area contributed by atoms with E-state index in [9.17, 15) is 24.9 Å². The van der Waals surface area contributed by atoms with Gasteiger partial charge < -0.3 is 24.9 Å². The molecular weight excluding hydrogens is 234 g/mol. The van der Waals surface area contributed by atoms with Crippen molar-refractivity contribution in [2.24, 2.45) is 0 Å². The highest BCUT2D eigenvalue weighted by Gasteiger charge is 2.42. The molecular formula is C9H13NO7. The van der Waals surface area contributed by atoms with E-state index < -0.39 is 36.5 Å². The van der Waals surface area contributed by atoms with Gasteiger partial charge in [0.25, 0.3) is 0 Å². The standard InChI is InChI=1S/C9H13NO7/c11-4-1-2-10-5(3-4)16-8(14)6(12)7(13)9(15)17-10/h4-7,11-13H,1-3H2. The lowest BCUT2D eigenvalue weighted by Gasteiger charge is -2.37.